The van der Waals surface area contributed by atoms with Crippen LogP contribution in [0.4, 0.5) is 8.78 Å². The van der Waals surface area contributed by atoms with Gasteiger partial charge in [0.1, 0.15) is 0 Å². The zero-order valence-electron chi connectivity index (χ0n) is 8.66. The van der Waals surface area contributed by atoms with Crippen molar-refractivity contribution in [1.29, 1.82) is 0 Å². The highest BCUT2D eigenvalue weighted by Crippen LogP contribution is 2.16. The van der Waals surface area contributed by atoms with Crippen LogP contribution in [0.1, 0.15) is 0 Å². The summed E-state index contributed by atoms with van der Waals surface area (Å²) in [7, 11) is -4.00. The molecule has 0 atom stereocenters. The van der Waals surface area contributed by atoms with E-state index in [1.54, 1.807) is 4.72 Å². The Morgan fingerprint density at radius 2 is 2.06 bits per heavy atom. The quantitative estimate of drug-likeness (QED) is 0.854. The van der Waals surface area contributed by atoms with Gasteiger partial charge in [0, 0.05) is 5.02 Å². The highest BCUT2D eigenvalue weighted by Gasteiger charge is 2.29. The van der Waals surface area contributed by atoms with Crippen LogP contribution in [0.3, 0.4) is 0 Å². The molecular formula is C9H11ClF2N2O2S. The number of alkyl halides is 2. The summed E-state index contributed by atoms with van der Waals surface area (Å²) in [5, 5.41) is 0.207. The lowest BCUT2D eigenvalue weighted by molar-refractivity contribution is 0.0170. The zero-order valence-corrected chi connectivity index (χ0v) is 10.2. The molecule has 0 aliphatic rings. The number of hydrogen-bond acceptors (Lipinski definition) is 3. The summed E-state index contributed by atoms with van der Waals surface area (Å²) in [6.45, 7) is -1.97. The fourth-order valence-electron chi connectivity index (χ4n) is 0.990. The van der Waals surface area contributed by atoms with E-state index in [-0.39, 0.29) is 9.92 Å². The fourth-order valence-corrected chi connectivity index (χ4v) is 2.35. The van der Waals surface area contributed by atoms with E-state index in [4.69, 9.17) is 17.3 Å². The van der Waals surface area contributed by atoms with Gasteiger partial charge in [-0.1, -0.05) is 17.7 Å². The lowest BCUT2D eigenvalue weighted by Crippen LogP contribution is -2.41. The van der Waals surface area contributed by atoms with E-state index in [9.17, 15) is 17.2 Å². The van der Waals surface area contributed by atoms with Crippen molar-refractivity contribution in [3.05, 3.63) is 29.3 Å². The molecule has 0 heterocycles. The molecule has 3 N–H and O–H groups in total. The van der Waals surface area contributed by atoms with Gasteiger partial charge in [0.15, 0.2) is 0 Å². The molecule has 0 aliphatic carbocycles. The average Bonchev–Trinajstić information content (AvgIpc) is 2.27. The van der Waals surface area contributed by atoms with Crippen LogP contribution < -0.4 is 10.5 Å². The Bertz CT molecular complexity index is 494. The molecule has 0 radical (unpaired) electrons. The molecule has 4 nitrogen and oxygen atoms in total. The van der Waals surface area contributed by atoms with Crippen molar-refractivity contribution in [3.8, 4) is 0 Å². The Kier molecular flexibility index (Phi) is 4.42. The molecule has 0 spiro atoms. The molecule has 17 heavy (non-hydrogen) atoms. The molecular weight excluding hydrogens is 274 g/mol. The minimum atomic E-state index is -4.00. The minimum absolute atomic E-state index is 0.169. The SMILES string of the molecule is NCC(F)(F)CNS(=O)(=O)c1cccc(Cl)c1. The van der Waals surface area contributed by atoms with Gasteiger partial charge >= 0.3 is 0 Å². The summed E-state index contributed by atoms with van der Waals surface area (Å²) < 4.78 is 50.6. The Labute approximate surface area is 103 Å². The Balaban J connectivity index is 2.83. The van der Waals surface area contributed by atoms with Crippen LogP contribution in [0.15, 0.2) is 29.2 Å². The van der Waals surface area contributed by atoms with Gasteiger partial charge in [0.2, 0.25) is 10.0 Å². The molecule has 0 amide bonds. The summed E-state index contributed by atoms with van der Waals surface area (Å²) in [6, 6.07) is 5.33. The molecule has 0 unspecified atom stereocenters. The summed E-state index contributed by atoms with van der Waals surface area (Å²) >= 11 is 5.61. The summed E-state index contributed by atoms with van der Waals surface area (Å²) in [5.74, 6) is -3.27. The average molecular weight is 285 g/mol. The third-order valence-electron chi connectivity index (χ3n) is 1.93. The molecule has 0 saturated carbocycles. The van der Waals surface area contributed by atoms with Gasteiger partial charge in [-0.05, 0) is 18.2 Å². The smallest absolute Gasteiger partial charge is 0.273 e. The van der Waals surface area contributed by atoms with E-state index in [1.807, 2.05) is 0 Å². The molecule has 1 aromatic carbocycles. The predicted molar refractivity (Wildman–Crippen MR) is 60.6 cm³/mol. The summed E-state index contributed by atoms with van der Waals surface area (Å²) in [4.78, 5) is -0.169. The first-order valence-corrected chi connectivity index (χ1v) is 6.46. The second kappa shape index (κ2) is 5.26. The Hall–Kier alpha value is -0.760. The predicted octanol–water partition coefficient (Wildman–Crippen LogP) is 1.21. The number of hydrogen-bond donors (Lipinski definition) is 2. The number of rotatable bonds is 5. The van der Waals surface area contributed by atoms with Gasteiger partial charge in [-0.2, -0.15) is 0 Å². The standard InChI is InChI=1S/C9H11ClF2N2O2S/c10-7-2-1-3-8(4-7)17(15,16)14-6-9(11,12)5-13/h1-4,14H,5-6,13H2. The van der Waals surface area contributed by atoms with Crippen LogP contribution in [0, 0.1) is 0 Å². The highest BCUT2D eigenvalue weighted by molar-refractivity contribution is 7.89. The maximum Gasteiger partial charge on any atom is 0.273 e. The molecule has 1 aromatic rings. The Morgan fingerprint density at radius 3 is 2.59 bits per heavy atom. The van der Waals surface area contributed by atoms with E-state index in [0.29, 0.717) is 0 Å². The van der Waals surface area contributed by atoms with Crippen molar-refractivity contribution in [2.24, 2.45) is 5.73 Å². The normalized spacial score (nSPS) is 12.7. The van der Waals surface area contributed by atoms with Crippen molar-refractivity contribution < 1.29 is 17.2 Å². The van der Waals surface area contributed by atoms with E-state index in [2.05, 4.69) is 0 Å². The van der Waals surface area contributed by atoms with Crippen LogP contribution in [0.5, 0.6) is 0 Å². The van der Waals surface area contributed by atoms with Crippen molar-refractivity contribution in [2.75, 3.05) is 13.1 Å². The first-order valence-electron chi connectivity index (χ1n) is 4.60. The molecule has 1 rings (SSSR count). The van der Waals surface area contributed by atoms with E-state index >= 15 is 0 Å². The van der Waals surface area contributed by atoms with Crippen LogP contribution in [0.2, 0.25) is 5.02 Å². The molecule has 0 aromatic heterocycles. The topological polar surface area (TPSA) is 72.2 Å². The van der Waals surface area contributed by atoms with Gasteiger partial charge in [-0.15, -0.1) is 0 Å². The maximum atomic E-state index is 12.8. The van der Waals surface area contributed by atoms with Crippen molar-refractivity contribution >= 4 is 21.6 Å². The van der Waals surface area contributed by atoms with Crippen molar-refractivity contribution in [3.63, 3.8) is 0 Å². The largest absolute Gasteiger partial charge is 0.325 e. The molecule has 0 bridgehead atoms. The van der Waals surface area contributed by atoms with Gasteiger partial charge in [-0.25, -0.2) is 21.9 Å². The number of benzene rings is 1. The van der Waals surface area contributed by atoms with Crippen molar-refractivity contribution in [2.45, 2.75) is 10.8 Å². The van der Waals surface area contributed by atoms with Gasteiger partial charge in [-0.3, -0.25) is 0 Å². The fraction of sp³-hybridized carbons (Fsp3) is 0.333. The second-order valence-electron chi connectivity index (χ2n) is 3.34. The third-order valence-corrected chi connectivity index (χ3v) is 3.56. The van der Waals surface area contributed by atoms with Gasteiger partial charge < -0.3 is 5.73 Å². The number of nitrogens with one attached hydrogen (secondary N) is 1. The number of halogens is 3. The monoisotopic (exact) mass is 284 g/mol. The van der Waals surface area contributed by atoms with E-state index in [1.165, 1.54) is 24.3 Å². The lowest BCUT2D eigenvalue weighted by atomic mass is 10.3. The molecule has 96 valence electrons. The third kappa shape index (κ3) is 4.19. The van der Waals surface area contributed by atoms with Crippen LogP contribution in [0.25, 0.3) is 0 Å². The molecule has 0 saturated heterocycles. The second-order valence-corrected chi connectivity index (χ2v) is 5.55. The van der Waals surface area contributed by atoms with E-state index < -0.39 is 29.0 Å². The van der Waals surface area contributed by atoms with E-state index in [0.717, 1.165) is 0 Å². The lowest BCUT2D eigenvalue weighted by Gasteiger charge is -2.14. The van der Waals surface area contributed by atoms with Crippen molar-refractivity contribution in [1.82, 2.24) is 4.72 Å². The molecule has 0 aliphatic heterocycles. The first kappa shape index (κ1) is 14.3. The summed E-state index contributed by atoms with van der Waals surface area (Å²) in [6.07, 6.45) is 0. The number of sulfonamides is 1. The highest BCUT2D eigenvalue weighted by atomic mass is 35.5. The Morgan fingerprint density at radius 1 is 1.41 bits per heavy atom. The molecule has 8 heteroatoms. The van der Waals surface area contributed by atoms with Crippen LogP contribution >= 0.6 is 11.6 Å². The molecule has 0 fully saturated rings. The maximum absolute atomic E-state index is 12.8. The number of nitrogens with two attached hydrogens (primary N) is 1. The zero-order chi connectivity index (χ0) is 13.1. The first-order chi connectivity index (χ1) is 7.77. The minimum Gasteiger partial charge on any atom is -0.325 e. The summed E-state index contributed by atoms with van der Waals surface area (Å²) in [5.41, 5.74) is 4.79. The van der Waals surface area contributed by atoms with Gasteiger partial charge in [0.25, 0.3) is 5.92 Å². The van der Waals surface area contributed by atoms with Crippen LogP contribution in [-0.4, -0.2) is 27.4 Å². The van der Waals surface area contributed by atoms with Gasteiger partial charge in [0.05, 0.1) is 18.0 Å². The van der Waals surface area contributed by atoms with Crippen LogP contribution in [-0.2, 0) is 10.0 Å².